The van der Waals surface area contributed by atoms with Crippen molar-refractivity contribution in [3.05, 3.63) is 23.8 Å². The van der Waals surface area contributed by atoms with Gasteiger partial charge in [0, 0.05) is 0 Å². The molecule has 0 amide bonds. The van der Waals surface area contributed by atoms with Crippen LogP contribution in [0, 0.1) is 17.8 Å². The first-order chi connectivity index (χ1) is 19.7. The second-order valence-electron chi connectivity index (χ2n) is 10.8. The lowest BCUT2D eigenvalue weighted by atomic mass is 10.1. The van der Waals surface area contributed by atoms with Gasteiger partial charge in [0.25, 0.3) is 0 Å². The minimum absolute atomic E-state index is 0.00261. The summed E-state index contributed by atoms with van der Waals surface area (Å²) in [7, 11) is 0. The summed E-state index contributed by atoms with van der Waals surface area (Å²) in [6.07, 6.45) is -2.28. The van der Waals surface area contributed by atoms with Crippen LogP contribution >= 0.6 is 0 Å². The van der Waals surface area contributed by atoms with E-state index in [9.17, 15) is 19.2 Å². The van der Waals surface area contributed by atoms with Crippen LogP contribution in [0.1, 0.15) is 73.8 Å². The average molecular weight is 598 g/mol. The normalized spacial score (nSPS) is 14.5. The first-order valence-corrected chi connectivity index (χ1v) is 14.4. The average Bonchev–Trinajstić information content (AvgIpc) is 2.94. The molecular weight excluding hydrogens is 550 g/mol. The number of carbonyl (C=O) groups is 4. The highest BCUT2D eigenvalue weighted by atomic mass is 16.7. The molecule has 0 aromatic heterocycles. The Hall–Kier alpha value is -3.54. The zero-order valence-corrected chi connectivity index (χ0v) is 26.0. The summed E-state index contributed by atoms with van der Waals surface area (Å²) in [5.74, 6) is -0.534. The second-order valence-corrected chi connectivity index (χ2v) is 10.8. The molecule has 0 aliphatic heterocycles. The highest BCUT2D eigenvalue weighted by molar-refractivity contribution is 5.76. The minimum atomic E-state index is -1.10. The minimum Gasteiger partial charge on any atom is -0.458 e. The highest BCUT2D eigenvalue weighted by Crippen LogP contribution is 2.30. The van der Waals surface area contributed by atoms with Crippen LogP contribution < -0.4 is 15.2 Å². The van der Waals surface area contributed by atoms with Gasteiger partial charge >= 0.3 is 24.4 Å². The van der Waals surface area contributed by atoms with Gasteiger partial charge in [-0.1, -0.05) is 60.5 Å². The molecule has 0 saturated heterocycles. The van der Waals surface area contributed by atoms with E-state index >= 15 is 0 Å². The van der Waals surface area contributed by atoms with E-state index in [4.69, 9.17) is 38.9 Å². The van der Waals surface area contributed by atoms with E-state index in [-0.39, 0.29) is 61.6 Å². The number of benzene rings is 1. The third kappa shape index (κ3) is 14.4. The van der Waals surface area contributed by atoms with Gasteiger partial charge in [0.2, 0.25) is 0 Å². The first kappa shape index (κ1) is 36.5. The molecule has 1 aromatic carbocycles. The lowest BCUT2D eigenvalue weighted by molar-refractivity contribution is -0.152. The zero-order chi connectivity index (χ0) is 31.8. The van der Waals surface area contributed by atoms with Crippen molar-refractivity contribution in [1.82, 2.24) is 0 Å². The molecule has 12 heteroatoms. The fourth-order valence-corrected chi connectivity index (χ4v) is 2.90. The Kier molecular flexibility index (Phi) is 16.3. The molecule has 0 fully saturated rings. The third-order valence-electron chi connectivity index (χ3n) is 6.49. The summed E-state index contributed by atoms with van der Waals surface area (Å²) in [6, 6.07) is 3.26. The molecule has 3 unspecified atom stereocenters. The number of carbonyl (C=O) groups excluding carboxylic acids is 4. The van der Waals surface area contributed by atoms with Crippen molar-refractivity contribution in [3.8, 4) is 11.5 Å². The molecule has 12 nitrogen and oxygen atoms in total. The van der Waals surface area contributed by atoms with E-state index in [1.165, 1.54) is 12.1 Å². The largest absolute Gasteiger partial charge is 0.513 e. The Labute approximate surface area is 248 Å². The van der Waals surface area contributed by atoms with Crippen molar-refractivity contribution in [1.29, 1.82) is 0 Å². The SMILES string of the molecule is CCC(C)COC(=O)Oc1ccc(C[C@H](N)C(=O)O[C@@H](C)COC(=O)OC(C)C(C)C)cc1OC(=O)OCC(C)CC. The van der Waals surface area contributed by atoms with E-state index in [0.717, 1.165) is 12.8 Å². The third-order valence-corrected chi connectivity index (χ3v) is 6.49. The molecule has 238 valence electrons. The monoisotopic (exact) mass is 597 g/mol. The summed E-state index contributed by atoms with van der Waals surface area (Å²) >= 11 is 0. The molecular formula is C30H47NO11. The van der Waals surface area contributed by atoms with Gasteiger partial charge in [-0.05, 0) is 55.7 Å². The van der Waals surface area contributed by atoms with Crippen molar-refractivity contribution in [2.24, 2.45) is 23.5 Å². The van der Waals surface area contributed by atoms with Gasteiger partial charge in [0.1, 0.15) is 24.9 Å². The molecule has 0 saturated carbocycles. The van der Waals surface area contributed by atoms with Crippen LogP contribution in [0.15, 0.2) is 18.2 Å². The second kappa shape index (κ2) is 18.8. The van der Waals surface area contributed by atoms with Gasteiger partial charge in [-0.3, -0.25) is 4.79 Å². The number of hydrogen-bond donors (Lipinski definition) is 1. The Morgan fingerprint density at radius 1 is 0.714 bits per heavy atom. The molecule has 2 N–H and O–H groups in total. The Morgan fingerprint density at radius 2 is 1.24 bits per heavy atom. The van der Waals surface area contributed by atoms with E-state index in [1.807, 2.05) is 41.5 Å². The van der Waals surface area contributed by atoms with Crippen LogP contribution in [0.3, 0.4) is 0 Å². The zero-order valence-electron chi connectivity index (χ0n) is 26.0. The quantitative estimate of drug-likeness (QED) is 0.139. The molecule has 0 radical (unpaired) electrons. The Morgan fingerprint density at radius 3 is 1.76 bits per heavy atom. The van der Waals surface area contributed by atoms with E-state index in [1.54, 1.807) is 19.9 Å². The van der Waals surface area contributed by atoms with Gasteiger partial charge < -0.3 is 38.9 Å². The molecule has 0 aliphatic carbocycles. The van der Waals surface area contributed by atoms with Crippen LogP contribution in [-0.2, 0) is 34.9 Å². The topological polar surface area (TPSA) is 159 Å². The van der Waals surface area contributed by atoms with Gasteiger partial charge in [0.15, 0.2) is 11.5 Å². The van der Waals surface area contributed by atoms with Crippen molar-refractivity contribution in [2.75, 3.05) is 19.8 Å². The van der Waals surface area contributed by atoms with Gasteiger partial charge in [-0.2, -0.15) is 0 Å². The van der Waals surface area contributed by atoms with Gasteiger partial charge in [-0.25, -0.2) is 14.4 Å². The number of esters is 1. The predicted octanol–water partition coefficient (Wildman–Crippen LogP) is 5.81. The van der Waals surface area contributed by atoms with E-state index < -0.39 is 36.6 Å². The van der Waals surface area contributed by atoms with Crippen LogP contribution in [0.4, 0.5) is 14.4 Å². The molecule has 0 heterocycles. The number of nitrogens with two attached hydrogens (primary N) is 1. The number of hydrogen-bond acceptors (Lipinski definition) is 12. The maximum Gasteiger partial charge on any atom is 0.513 e. The van der Waals surface area contributed by atoms with E-state index in [0.29, 0.717) is 5.56 Å². The maximum atomic E-state index is 12.6. The van der Waals surface area contributed by atoms with Gasteiger partial charge in [-0.15, -0.1) is 0 Å². The summed E-state index contributed by atoms with van der Waals surface area (Å²) in [4.78, 5) is 48.9. The van der Waals surface area contributed by atoms with Crippen LogP contribution in [0.5, 0.6) is 11.5 Å². The standard InChI is InChI=1S/C30H47NO11/c1-9-19(5)15-36-29(34)41-25-12-11-23(14-26(25)42-30(35)37-16-20(6)10-2)13-24(31)27(32)39-21(7)17-38-28(33)40-22(8)18(3)4/h11-12,14,18-22,24H,9-10,13,15-17,31H2,1-8H3/t19?,20?,21-,22?,24-/m0/s1. The molecule has 1 aromatic rings. The molecule has 5 atom stereocenters. The predicted molar refractivity (Wildman–Crippen MR) is 153 cm³/mol. The number of rotatable bonds is 16. The molecule has 1 rings (SSSR count). The van der Waals surface area contributed by atoms with Crippen LogP contribution in [-0.4, -0.2) is 62.5 Å². The van der Waals surface area contributed by atoms with Crippen LogP contribution in [0.25, 0.3) is 0 Å². The fraction of sp³-hybridized carbons (Fsp3) is 0.667. The molecule has 0 aliphatic rings. The summed E-state index contributed by atoms with van der Waals surface area (Å²) in [6.45, 7) is 15.0. The maximum absolute atomic E-state index is 12.6. The Bertz CT molecular complexity index is 1010. The smallest absolute Gasteiger partial charge is 0.458 e. The highest BCUT2D eigenvalue weighted by Gasteiger charge is 2.23. The molecule has 0 bridgehead atoms. The Balaban J connectivity index is 2.86. The summed E-state index contributed by atoms with van der Waals surface area (Å²) < 4.78 is 36.3. The van der Waals surface area contributed by atoms with Crippen molar-refractivity contribution < 1.29 is 52.3 Å². The lowest BCUT2D eigenvalue weighted by Crippen LogP contribution is -2.37. The van der Waals surface area contributed by atoms with Crippen molar-refractivity contribution in [3.63, 3.8) is 0 Å². The first-order valence-electron chi connectivity index (χ1n) is 14.4. The number of ether oxygens (including phenoxy) is 7. The summed E-state index contributed by atoms with van der Waals surface area (Å²) in [5.41, 5.74) is 6.54. The molecule has 42 heavy (non-hydrogen) atoms. The van der Waals surface area contributed by atoms with Gasteiger partial charge in [0.05, 0.1) is 13.2 Å². The summed E-state index contributed by atoms with van der Waals surface area (Å²) in [5, 5.41) is 0. The van der Waals surface area contributed by atoms with Crippen molar-refractivity contribution >= 4 is 24.4 Å². The lowest BCUT2D eigenvalue weighted by Gasteiger charge is -2.19. The van der Waals surface area contributed by atoms with E-state index in [2.05, 4.69) is 0 Å². The van der Waals surface area contributed by atoms with Crippen molar-refractivity contribution in [2.45, 2.75) is 92.9 Å². The fourth-order valence-electron chi connectivity index (χ4n) is 2.90. The molecule has 0 spiro atoms. The van der Waals surface area contributed by atoms with Crippen LogP contribution in [0.2, 0.25) is 0 Å².